The molecule has 1 aromatic carbocycles. The Bertz CT molecular complexity index is 580. The molecule has 16 heavy (non-hydrogen) atoms. The van der Waals surface area contributed by atoms with Crippen LogP contribution in [0.25, 0.3) is 0 Å². The van der Waals surface area contributed by atoms with Gasteiger partial charge in [-0.2, -0.15) is 16.8 Å². The highest BCUT2D eigenvalue weighted by molar-refractivity contribution is 7.86. The first-order valence-electron chi connectivity index (χ1n) is 3.67. The Morgan fingerprint density at radius 2 is 1.12 bits per heavy atom. The fourth-order valence-electron chi connectivity index (χ4n) is 1.04. The van der Waals surface area contributed by atoms with E-state index < -0.39 is 41.4 Å². The lowest BCUT2D eigenvalue weighted by molar-refractivity contribution is 0.482. The molecule has 0 radical (unpaired) electrons. The summed E-state index contributed by atoms with van der Waals surface area (Å²) in [5.41, 5.74) is 9.60. The topological polar surface area (TPSA) is 161 Å². The SMILES string of the molecule is Nc1cc(N)c(S(=O)(=O)O)cc1S(=O)(=O)O. The second kappa shape index (κ2) is 3.59. The predicted octanol–water partition coefficient (Wildman–Crippen LogP) is -0.656. The van der Waals surface area contributed by atoms with Crippen LogP contribution in [0.15, 0.2) is 21.9 Å². The molecule has 0 atom stereocenters. The van der Waals surface area contributed by atoms with Gasteiger partial charge in [0, 0.05) is 0 Å². The summed E-state index contributed by atoms with van der Waals surface area (Å²) in [5, 5.41) is 0. The van der Waals surface area contributed by atoms with Crippen molar-refractivity contribution in [3.8, 4) is 0 Å². The van der Waals surface area contributed by atoms with Gasteiger partial charge in [-0.25, -0.2) is 0 Å². The normalized spacial score (nSPS) is 12.6. The zero-order valence-corrected chi connectivity index (χ0v) is 9.29. The Morgan fingerprint density at radius 1 is 0.812 bits per heavy atom. The van der Waals surface area contributed by atoms with Crippen LogP contribution in [-0.2, 0) is 20.2 Å². The van der Waals surface area contributed by atoms with Crippen molar-refractivity contribution in [3.63, 3.8) is 0 Å². The van der Waals surface area contributed by atoms with Crippen LogP contribution in [0.1, 0.15) is 0 Å². The Kier molecular flexibility index (Phi) is 2.85. The van der Waals surface area contributed by atoms with Crippen molar-refractivity contribution in [2.75, 3.05) is 11.5 Å². The molecule has 1 rings (SSSR count). The van der Waals surface area contributed by atoms with Crippen molar-refractivity contribution in [2.24, 2.45) is 0 Å². The molecule has 1 aromatic rings. The Morgan fingerprint density at radius 3 is 1.38 bits per heavy atom. The summed E-state index contributed by atoms with van der Waals surface area (Å²) >= 11 is 0. The highest BCUT2D eigenvalue weighted by atomic mass is 32.2. The van der Waals surface area contributed by atoms with E-state index in [2.05, 4.69) is 0 Å². The average molecular weight is 268 g/mol. The lowest BCUT2D eigenvalue weighted by Gasteiger charge is -2.07. The van der Waals surface area contributed by atoms with E-state index in [1.54, 1.807) is 0 Å². The summed E-state index contributed by atoms with van der Waals surface area (Å²) in [5.74, 6) is 0. The minimum Gasteiger partial charge on any atom is -0.398 e. The third-order valence-electron chi connectivity index (χ3n) is 1.70. The van der Waals surface area contributed by atoms with E-state index >= 15 is 0 Å². The van der Waals surface area contributed by atoms with Gasteiger partial charge in [0.2, 0.25) is 0 Å². The maximum absolute atomic E-state index is 10.8. The summed E-state index contributed by atoms with van der Waals surface area (Å²) in [4.78, 5) is -1.68. The van der Waals surface area contributed by atoms with Gasteiger partial charge >= 0.3 is 0 Å². The molecule has 0 heterocycles. The first-order chi connectivity index (χ1) is 7.03. The van der Waals surface area contributed by atoms with Crippen molar-refractivity contribution in [3.05, 3.63) is 12.1 Å². The number of hydrogen-bond acceptors (Lipinski definition) is 6. The molecule has 0 unspecified atom stereocenters. The summed E-state index contributed by atoms with van der Waals surface area (Å²) in [7, 11) is -9.38. The highest BCUT2D eigenvalue weighted by Gasteiger charge is 2.22. The van der Waals surface area contributed by atoms with Crippen LogP contribution in [0.2, 0.25) is 0 Å². The molecule has 0 aliphatic heterocycles. The molecule has 0 fully saturated rings. The van der Waals surface area contributed by atoms with Crippen LogP contribution < -0.4 is 11.5 Å². The molecule has 0 bridgehead atoms. The summed E-state index contributed by atoms with van der Waals surface area (Å²) < 4.78 is 60.7. The van der Waals surface area contributed by atoms with Gasteiger partial charge in [-0.3, -0.25) is 9.11 Å². The van der Waals surface area contributed by atoms with E-state index in [0.717, 1.165) is 6.07 Å². The van der Waals surface area contributed by atoms with Gasteiger partial charge in [-0.05, 0) is 12.1 Å². The number of anilines is 2. The number of rotatable bonds is 2. The number of nitrogen functional groups attached to an aromatic ring is 2. The molecular weight excluding hydrogens is 260 g/mol. The van der Waals surface area contributed by atoms with Crippen LogP contribution in [-0.4, -0.2) is 25.9 Å². The zero-order chi connectivity index (χ0) is 12.7. The molecule has 0 saturated carbocycles. The minimum atomic E-state index is -4.69. The molecule has 10 heteroatoms. The molecule has 0 amide bonds. The van der Waals surface area contributed by atoms with Gasteiger partial charge in [0.1, 0.15) is 9.79 Å². The largest absolute Gasteiger partial charge is 0.398 e. The van der Waals surface area contributed by atoms with E-state index in [1.807, 2.05) is 0 Å². The Hall–Kier alpha value is -1.36. The van der Waals surface area contributed by atoms with Gasteiger partial charge < -0.3 is 11.5 Å². The monoisotopic (exact) mass is 268 g/mol. The molecule has 0 aliphatic carbocycles. The van der Waals surface area contributed by atoms with Crippen molar-refractivity contribution >= 4 is 31.6 Å². The summed E-state index contributed by atoms with van der Waals surface area (Å²) in [6.07, 6.45) is 0. The van der Waals surface area contributed by atoms with Crippen LogP contribution >= 0.6 is 0 Å². The van der Waals surface area contributed by atoms with E-state index in [4.69, 9.17) is 20.6 Å². The third kappa shape index (κ3) is 2.41. The second-order valence-electron chi connectivity index (χ2n) is 2.88. The van der Waals surface area contributed by atoms with Crippen molar-refractivity contribution in [1.29, 1.82) is 0 Å². The maximum atomic E-state index is 10.8. The molecule has 8 nitrogen and oxygen atoms in total. The van der Waals surface area contributed by atoms with Crippen LogP contribution in [0.5, 0.6) is 0 Å². The van der Waals surface area contributed by atoms with Gasteiger partial charge in [0.15, 0.2) is 0 Å². The summed E-state index contributed by atoms with van der Waals surface area (Å²) in [6.45, 7) is 0. The predicted molar refractivity (Wildman–Crippen MR) is 54.9 cm³/mol. The fourth-order valence-corrected chi connectivity index (χ4v) is 2.36. The molecule has 0 aromatic heterocycles. The maximum Gasteiger partial charge on any atom is 0.296 e. The van der Waals surface area contributed by atoms with Crippen molar-refractivity contribution in [1.82, 2.24) is 0 Å². The number of nitrogens with two attached hydrogens (primary N) is 2. The molecule has 0 aliphatic rings. The smallest absolute Gasteiger partial charge is 0.296 e. The molecule has 6 N–H and O–H groups in total. The average Bonchev–Trinajstić information content (AvgIpc) is 1.97. The van der Waals surface area contributed by atoms with Gasteiger partial charge in [0.25, 0.3) is 20.2 Å². The quantitative estimate of drug-likeness (QED) is 0.406. The van der Waals surface area contributed by atoms with Gasteiger partial charge in [0.05, 0.1) is 11.4 Å². The summed E-state index contributed by atoms with van der Waals surface area (Å²) in [6, 6.07) is 1.29. The van der Waals surface area contributed by atoms with E-state index in [1.165, 1.54) is 0 Å². The van der Waals surface area contributed by atoms with Crippen molar-refractivity contribution < 1.29 is 25.9 Å². The van der Waals surface area contributed by atoms with E-state index in [9.17, 15) is 16.8 Å². The third-order valence-corrected chi connectivity index (χ3v) is 3.52. The highest BCUT2D eigenvalue weighted by Crippen LogP contribution is 2.27. The van der Waals surface area contributed by atoms with Crippen LogP contribution in [0, 0.1) is 0 Å². The standard InChI is InChI=1S/C6H8N2O6S2/c7-3-1-4(8)6(16(12,13)14)2-5(3)15(9,10)11/h1-2H,7-8H2,(H,9,10,11)(H,12,13,14). The van der Waals surface area contributed by atoms with Gasteiger partial charge in [-0.1, -0.05) is 0 Å². The lowest BCUT2D eigenvalue weighted by Crippen LogP contribution is -2.09. The number of hydrogen-bond donors (Lipinski definition) is 4. The minimum absolute atomic E-state index is 0.424. The molecule has 90 valence electrons. The lowest BCUT2D eigenvalue weighted by atomic mass is 10.3. The van der Waals surface area contributed by atoms with E-state index in [0.29, 0.717) is 6.07 Å². The Balaban J connectivity index is 3.72. The first-order valence-corrected chi connectivity index (χ1v) is 6.55. The van der Waals surface area contributed by atoms with Gasteiger partial charge in [-0.15, -0.1) is 0 Å². The molecular formula is C6H8N2O6S2. The second-order valence-corrected chi connectivity index (χ2v) is 5.66. The van der Waals surface area contributed by atoms with Crippen LogP contribution in [0.3, 0.4) is 0 Å². The van der Waals surface area contributed by atoms with Crippen LogP contribution in [0.4, 0.5) is 11.4 Å². The van der Waals surface area contributed by atoms with E-state index in [-0.39, 0.29) is 0 Å². The Labute approximate surface area is 91.4 Å². The number of benzene rings is 1. The fraction of sp³-hybridized carbons (Fsp3) is 0. The van der Waals surface area contributed by atoms with Crippen molar-refractivity contribution in [2.45, 2.75) is 9.79 Å². The first kappa shape index (κ1) is 12.7. The molecule has 0 spiro atoms. The molecule has 0 saturated heterocycles. The zero-order valence-electron chi connectivity index (χ0n) is 7.65.